The van der Waals surface area contributed by atoms with E-state index in [2.05, 4.69) is 12.2 Å². The van der Waals surface area contributed by atoms with Crippen molar-refractivity contribution in [2.24, 2.45) is 0 Å². The second kappa shape index (κ2) is 10.2. The van der Waals surface area contributed by atoms with Gasteiger partial charge in [0.25, 0.3) is 0 Å². The van der Waals surface area contributed by atoms with Crippen LogP contribution in [0.15, 0.2) is 18.2 Å². The van der Waals surface area contributed by atoms with Gasteiger partial charge in [-0.25, -0.2) is 12.2 Å². The predicted molar refractivity (Wildman–Crippen MR) is 34.4 cm³/mol. The molecule has 0 aliphatic heterocycles. The smallest absolute Gasteiger partial charge is 0.358 e. The van der Waals surface area contributed by atoms with Gasteiger partial charge in [0.2, 0.25) is 0 Å². The number of rotatable bonds is 0. The molecule has 0 bridgehead atoms. The van der Waals surface area contributed by atoms with Crippen LogP contribution in [0.5, 0.6) is 0 Å². The van der Waals surface area contributed by atoms with Crippen LogP contribution in [0.3, 0.4) is 0 Å². The van der Waals surface area contributed by atoms with Crippen LogP contribution >= 0.6 is 0 Å². The monoisotopic (exact) mass is 143 g/mol. The summed E-state index contributed by atoms with van der Waals surface area (Å²) < 4.78 is 0. The van der Waals surface area contributed by atoms with E-state index in [9.17, 15) is 0 Å². The Morgan fingerprint density at radius 3 is 2.00 bits per heavy atom. The van der Waals surface area contributed by atoms with Crippen molar-refractivity contribution < 1.29 is 21.7 Å². The molecule has 0 spiro atoms. The van der Waals surface area contributed by atoms with Crippen LogP contribution in [0.4, 0.5) is 0 Å². The Labute approximate surface area is 67.6 Å². The standard InChI is InChI=1S/C5H5.2CH3.Ti/c1-2-4-5-3-1;;;/h1-3H,4H2;2*1H3;/q3*-1;+3. The Bertz CT molecular complexity index is 62.5. The molecule has 0 saturated heterocycles. The molecule has 0 unspecified atom stereocenters. The van der Waals surface area contributed by atoms with Gasteiger partial charge < -0.3 is 14.9 Å². The predicted octanol–water partition coefficient (Wildman–Crippen LogP) is 2.20. The maximum Gasteiger partial charge on any atom is 3.00 e. The molecule has 1 heteroatoms. The van der Waals surface area contributed by atoms with E-state index < -0.39 is 0 Å². The van der Waals surface area contributed by atoms with E-state index in [-0.39, 0.29) is 36.6 Å². The van der Waals surface area contributed by atoms with Crippen LogP contribution < -0.4 is 0 Å². The molecule has 0 amide bonds. The van der Waals surface area contributed by atoms with Gasteiger partial charge in [-0.05, 0) is 0 Å². The van der Waals surface area contributed by atoms with Gasteiger partial charge in [0, 0.05) is 0 Å². The molecule has 43 valence electrons. The fraction of sp³-hybridized carbons (Fsp3) is 0.143. The van der Waals surface area contributed by atoms with Crippen molar-refractivity contribution in [3.63, 3.8) is 0 Å². The zero-order valence-corrected chi connectivity index (χ0v) is 7.00. The first-order valence-electron chi connectivity index (χ1n) is 1.72. The third-order valence-electron chi connectivity index (χ3n) is 0.586. The van der Waals surface area contributed by atoms with Crippen LogP contribution in [-0.2, 0) is 21.7 Å². The molecule has 0 aromatic rings. The first-order valence-corrected chi connectivity index (χ1v) is 1.72. The van der Waals surface area contributed by atoms with Gasteiger partial charge in [-0.2, -0.15) is 6.08 Å². The van der Waals surface area contributed by atoms with E-state index in [1.165, 1.54) is 0 Å². The second-order valence-electron chi connectivity index (χ2n) is 1.00. The first kappa shape index (κ1) is 15.7. The fourth-order valence-electron chi connectivity index (χ4n) is 0.340. The number of allylic oxidation sites excluding steroid dienone is 4. The molecule has 0 aromatic carbocycles. The van der Waals surface area contributed by atoms with Gasteiger partial charge in [-0.1, -0.05) is 0 Å². The molecule has 8 heavy (non-hydrogen) atoms. The average Bonchev–Trinajstić information content (AvgIpc) is 1.76. The Balaban J connectivity index is -0.0000000833. The van der Waals surface area contributed by atoms with Crippen LogP contribution in [0.2, 0.25) is 0 Å². The zero-order chi connectivity index (χ0) is 3.54. The van der Waals surface area contributed by atoms with Crippen LogP contribution in [0, 0.1) is 20.9 Å². The summed E-state index contributed by atoms with van der Waals surface area (Å²) in [5, 5.41) is 0. The summed E-state index contributed by atoms with van der Waals surface area (Å²) in [7, 11) is 0. The SMILES string of the molecule is [C-]1=CC=CC1.[CH3-].[CH3-].[Ti+3]. The summed E-state index contributed by atoms with van der Waals surface area (Å²) in [6.45, 7) is 0. The molecule has 0 nitrogen and oxygen atoms in total. The maximum absolute atomic E-state index is 2.99. The van der Waals surface area contributed by atoms with Gasteiger partial charge >= 0.3 is 21.7 Å². The van der Waals surface area contributed by atoms with Gasteiger partial charge in [0.1, 0.15) is 0 Å². The Hall–Kier alpha value is 0.194. The van der Waals surface area contributed by atoms with E-state index in [4.69, 9.17) is 0 Å². The van der Waals surface area contributed by atoms with E-state index in [1.54, 1.807) is 0 Å². The summed E-state index contributed by atoms with van der Waals surface area (Å²) in [5.41, 5.74) is 0. The minimum Gasteiger partial charge on any atom is -0.358 e. The summed E-state index contributed by atoms with van der Waals surface area (Å²) in [6, 6.07) is 0. The molecular weight excluding hydrogens is 132 g/mol. The maximum atomic E-state index is 2.99. The van der Waals surface area contributed by atoms with Crippen molar-refractivity contribution in [3.8, 4) is 0 Å². The number of hydrogen-bond acceptors (Lipinski definition) is 0. The second-order valence-corrected chi connectivity index (χ2v) is 1.00. The summed E-state index contributed by atoms with van der Waals surface area (Å²) in [4.78, 5) is 0. The Morgan fingerprint density at radius 2 is 1.88 bits per heavy atom. The van der Waals surface area contributed by atoms with Crippen molar-refractivity contribution in [2.45, 2.75) is 6.42 Å². The van der Waals surface area contributed by atoms with Crippen LogP contribution in [-0.4, -0.2) is 0 Å². The average molecular weight is 143 g/mol. The van der Waals surface area contributed by atoms with Gasteiger partial charge in [-0.3, -0.25) is 6.08 Å². The Morgan fingerprint density at radius 1 is 1.25 bits per heavy atom. The molecule has 0 atom stereocenters. The van der Waals surface area contributed by atoms with E-state index in [0.717, 1.165) is 6.42 Å². The van der Waals surface area contributed by atoms with E-state index in [1.807, 2.05) is 12.2 Å². The molecule has 1 aliphatic carbocycles. The summed E-state index contributed by atoms with van der Waals surface area (Å²) in [5.74, 6) is 0. The topological polar surface area (TPSA) is 0 Å². The van der Waals surface area contributed by atoms with Crippen LogP contribution in [0.1, 0.15) is 6.42 Å². The summed E-state index contributed by atoms with van der Waals surface area (Å²) >= 11 is 0. The first-order chi connectivity index (χ1) is 2.50. The fourth-order valence-corrected chi connectivity index (χ4v) is 0.340. The van der Waals surface area contributed by atoms with Gasteiger partial charge in [-0.15, -0.1) is 6.42 Å². The molecule has 0 N–H and O–H groups in total. The van der Waals surface area contributed by atoms with Gasteiger partial charge in [0.15, 0.2) is 0 Å². The largest absolute Gasteiger partial charge is 3.00 e. The van der Waals surface area contributed by atoms with Crippen molar-refractivity contribution in [1.82, 2.24) is 0 Å². The summed E-state index contributed by atoms with van der Waals surface area (Å²) in [6.07, 6.45) is 10.0. The zero-order valence-electron chi connectivity index (χ0n) is 5.44. The van der Waals surface area contributed by atoms with E-state index >= 15 is 0 Å². The van der Waals surface area contributed by atoms with Gasteiger partial charge in [0.05, 0.1) is 0 Å². The van der Waals surface area contributed by atoms with E-state index in [0.29, 0.717) is 0 Å². The molecule has 0 fully saturated rings. The van der Waals surface area contributed by atoms with Crippen molar-refractivity contribution in [1.29, 1.82) is 0 Å². The quantitative estimate of drug-likeness (QED) is 0.360. The van der Waals surface area contributed by atoms with Crippen molar-refractivity contribution in [2.75, 3.05) is 0 Å². The molecule has 0 saturated carbocycles. The third kappa shape index (κ3) is 6.19. The Kier molecular flexibility index (Phi) is 20.1. The normalized spacial score (nSPS) is 11.0. The molecule has 0 aromatic heterocycles. The third-order valence-corrected chi connectivity index (χ3v) is 0.586. The molecule has 1 rings (SSSR count). The molecule has 1 radical (unpaired) electrons. The van der Waals surface area contributed by atoms with Crippen molar-refractivity contribution in [3.05, 3.63) is 39.2 Å². The molecular formula is C7H11Ti. The number of hydrogen-bond donors (Lipinski definition) is 0. The van der Waals surface area contributed by atoms with Crippen LogP contribution in [0.25, 0.3) is 0 Å². The molecule has 0 heterocycles. The van der Waals surface area contributed by atoms with Crippen molar-refractivity contribution >= 4 is 0 Å². The minimum atomic E-state index is 0. The molecule has 1 aliphatic rings. The minimum absolute atomic E-state index is 0.